The van der Waals surface area contributed by atoms with Crippen LogP contribution in [-0.4, -0.2) is 22.4 Å². The van der Waals surface area contributed by atoms with E-state index in [1.54, 1.807) is 0 Å². The molecule has 1 aliphatic rings. The molecular weight excluding hydrogens is 222 g/mol. The molecule has 0 atom stereocenters. The molecule has 0 saturated heterocycles. The van der Waals surface area contributed by atoms with Crippen molar-refractivity contribution in [1.29, 1.82) is 0 Å². The highest BCUT2D eigenvalue weighted by Gasteiger charge is 2.32. The summed E-state index contributed by atoms with van der Waals surface area (Å²) in [5.74, 6) is 1.44. The molecule has 1 saturated carbocycles. The molecular formula is C12H18ClN3. The van der Waals surface area contributed by atoms with E-state index in [9.17, 15) is 0 Å². The number of aromatic nitrogens is 2. The number of hydrogen-bond donors (Lipinski definition) is 1. The second-order valence-electron chi connectivity index (χ2n) is 4.78. The van der Waals surface area contributed by atoms with E-state index in [1.165, 1.54) is 25.7 Å². The van der Waals surface area contributed by atoms with Crippen molar-refractivity contribution in [3.8, 4) is 0 Å². The third kappa shape index (κ3) is 2.64. The van der Waals surface area contributed by atoms with Crippen LogP contribution in [-0.2, 0) is 0 Å². The maximum atomic E-state index is 6.08. The zero-order valence-corrected chi connectivity index (χ0v) is 10.4. The Bertz CT molecular complexity index is 331. The number of nitrogens with one attached hydrogen (secondary N) is 1. The Morgan fingerprint density at radius 2 is 1.94 bits per heavy atom. The second-order valence-corrected chi connectivity index (χ2v) is 5.05. The molecule has 0 amide bonds. The lowest BCUT2D eigenvalue weighted by molar-refractivity contribution is 0.367. The lowest BCUT2D eigenvalue weighted by Gasteiger charge is -2.26. The highest BCUT2D eigenvalue weighted by atomic mass is 35.5. The summed E-state index contributed by atoms with van der Waals surface area (Å²) >= 11 is 6.08. The number of hydrogen-bond acceptors (Lipinski definition) is 3. The molecule has 3 nitrogen and oxygen atoms in total. The van der Waals surface area contributed by atoms with Gasteiger partial charge in [0, 0.05) is 30.2 Å². The van der Waals surface area contributed by atoms with E-state index in [2.05, 4.69) is 15.3 Å². The minimum absolute atomic E-state index is 0.260. The van der Waals surface area contributed by atoms with Crippen molar-refractivity contribution in [2.24, 2.45) is 5.41 Å². The van der Waals surface area contributed by atoms with Crippen LogP contribution < -0.4 is 5.32 Å². The number of anilines is 1. The van der Waals surface area contributed by atoms with E-state index in [-0.39, 0.29) is 5.41 Å². The SMILES string of the molecule is Cc1cnc(NCC2(CCl)CCCC2)nc1. The van der Waals surface area contributed by atoms with E-state index in [4.69, 9.17) is 11.6 Å². The second kappa shape index (κ2) is 5.00. The maximum Gasteiger partial charge on any atom is 0.222 e. The van der Waals surface area contributed by atoms with Gasteiger partial charge < -0.3 is 5.32 Å². The molecule has 1 fully saturated rings. The lowest BCUT2D eigenvalue weighted by atomic mass is 9.89. The minimum atomic E-state index is 0.260. The third-order valence-corrected chi connectivity index (χ3v) is 3.92. The van der Waals surface area contributed by atoms with E-state index in [0.717, 1.165) is 18.0 Å². The molecule has 0 bridgehead atoms. The Balaban J connectivity index is 1.93. The number of aryl methyl sites for hydroxylation is 1. The summed E-state index contributed by atoms with van der Waals surface area (Å²) in [4.78, 5) is 8.48. The predicted molar refractivity (Wildman–Crippen MR) is 66.9 cm³/mol. The fourth-order valence-corrected chi connectivity index (χ4v) is 2.59. The molecule has 88 valence electrons. The van der Waals surface area contributed by atoms with Crippen molar-refractivity contribution >= 4 is 17.5 Å². The van der Waals surface area contributed by atoms with Crippen LogP contribution in [0, 0.1) is 12.3 Å². The molecule has 1 N–H and O–H groups in total. The van der Waals surface area contributed by atoms with Crippen LogP contribution in [0.1, 0.15) is 31.2 Å². The van der Waals surface area contributed by atoms with Gasteiger partial charge in [0.1, 0.15) is 0 Å². The Hall–Kier alpha value is -0.830. The smallest absolute Gasteiger partial charge is 0.222 e. The highest BCUT2D eigenvalue weighted by Crippen LogP contribution is 2.38. The first-order valence-electron chi connectivity index (χ1n) is 5.83. The molecule has 0 aliphatic heterocycles. The Morgan fingerprint density at radius 1 is 1.31 bits per heavy atom. The van der Waals surface area contributed by atoms with E-state index < -0.39 is 0 Å². The fraction of sp³-hybridized carbons (Fsp3) is 0.667. The maximum absolute atomic E-state index is 6.08. The number of halogens is 1. The summed E-state index contributed by atoms with van der Waals surface area (Å²) in [6, 6.07) is 0. The highest BCUT2D eigenvalue weighted by molar-refractivity contribution is 6.18. The van der Waals surface area contributed by atoms with Crippen molar-refractivity contribution in [1.82, 2.24) is 9.97 Å². The summed E-state index contributed by atoms with van der Waals surface area (Å²) in [5, 5.41) is 3.30. The summed E-state index contributed by atoms with van der Waals surface area (Å²) in [7, 11) is 0. The van der Waals surface area contributed by atoms with Gasteiger partial charge in [0.05, 0.1) is 0 Å². The van der Waals surface area contributed by atoms with E-state index in [1.807, 2.05) is 19.3 Å². The van der Waals surface area contributed by atoms with Gasteiger partial charge >= 0.3 is 0 Å². The molecule has 0 unspecified atom stereocenters. The summed E-state index contributed by atoms with van der Waals surface area (Å²) < 4.78 is 0. The summed E-state index contributed by atoms with van der Waals surface area (Å²) in [6.07, 6.45) is 8.69. The zero-order chi connectivity index (χ0) is 11.4. The first-order chi connectivity index (χ1) is 7.74. The molecule has 2 rings (SSSR count). The van der Waals surface area contributed by atoms with Crippen LogP contribution in [0.4, 0.5) is 5.95 Å². The van der Waals surface area contributed by atoms with Gasteiger partial charge in [0.15, 0.2) is 0 Å². The van der Waals surface area contributed by atoms with Crippen LogP contribution in [0.15, 0.2) is 12.4 Å². The average Bonchev–Trinajstić information content (AvgIpc) is 2.78. The number of nitrogens with zero attached hydrogens (tertiary/aromatic N) is 2. The Kier molecular flexibility index (Phi) is 3.64. The predicted octanol–water partition coefficient (Wildman–Crippen LogP) is 3.00. The van der Waals surface area contributed by atoms with Gasteiger partial charge in [-0.15, -0.1) is 11.6 Å². The van der Waals surface area contributed by atoms with Crippen LogP contribution in [0.3, 0.4) is 0 Å². The van der Waals surface area contributed by atoms with Gasteiger partial charge in [-0.1, -0.05) is 12.8 Å². The van der Waals surface area contributed by atoms with E-state index >= 15 is 0 Å². The quantitative estimate of drug-likeness (QED) is 0.821. The van der Waals surface area contributed by atoms with Gasteiger partial charge in [-0.2, -0.15) is 0 Å². The van der Waals surface area contributed by atoms with Crippen molar-refractivity contribution in [3.63, 3.8) is 0 Å². The zero-order valence-electron chi connectivity index (χ0n) is 9.67. The summed E-state index contributed by atoms with van der Waals surface area (Å²) in [6.45, 7) is 2.88. The normalized spacial score (nSPS) is 18.6. The van der Waals surface area contributed by atoms with Gasteiger partial charge in [-0.05, 0) is 25.3 Å². The average molecular weight is 240 g/mol. The van der Waals surface area contributed by atoms with Gasteiger partial charge in [0.2, 0.25) is 5.95 Å². The number of alkyl halides is 1. The van der Waals surface area contributed by atoms with Crippen LogP contribution in [0.5, 0.6) is 0 Å². The van der Waals surface area contributed by atoms with Gasteiger partial charge in [-0.25, -0.2) is 9.97 Å². The van der Waals surface area contributed by atoms with E-state index in [0.29, 0.717) is 5.95 Å². The monoisotopic (exact) mass is 239 g/mol. The van der Waals surface area contributed by atoms with Gasteiger partial charge in [-0.3, -0.25) is 0 Å². The summed E-state index contributed by atoms with van der Waals surface area (Å²) in [5.41, 5.74) is 1.34. The molecule has 0 spiro atoms. The lowest BCUT2D eigenvalue weighted by Crippen LogP contribution is -2.29. The minimum Gasteiger partial charge on any atom is -0.354 e. The molecule has 1 heterocycles. The van der Waals surface area contributed by atoms with Crippen LogP contribution >= 0.6 is 11.6 Å². The van der Waals surface area contributed by atoms with Crippen LogP contribution in [0.25, 0.3) is 0 Å². The topological polar surface area (TPSA) is 37.8 Å². The first kappa shape index (κ1) is 11.6. The third-order valence-electron chi connectivity index (χ3n) is 3.35. The standard InChI is InChI=1S/C12H18ClN3/c1-10-6-14-11(15-7-10)16-9-12(8-13)4-2-3-5-12/h6-7H,2-5,8-9H2,1H3,(H,14,15,16). The first-order valence-corrected chi connectivity index (χ1v) is 6.36. The van der Waals surface area contributed by atoms with Gasteiger partial charge in [0.25, 0.3) is 0 Å². The number of rotatable bonds is 4. The fourth-order valence-electron chi connectivity index (χ4n) is 2.23. The molecule has 0 radical (unpaired) electrons. The largest absolute Gasteiger partial charge is 0.354 e. The van der Waals surface area contributed by atoms with Crippen molar-refractivity contribution in [2.45, 2.75) is 32.6 Å². The van der Waals surface area contributed by atoms with Crippen molar-refractivity contribution in [3.05, 3.63) is 18.0 Å². The molecule has 1 aliphatic carbocycles. The molecule has 16 heavy (non-hydrogen) atoms. The molecule has 1 aromatic heterocycles. The van der Waals surface area contributed by atoms with Crippen LogP contribution in [0.2, 0.25) is 0 Å². The Morgan fingerprint density at radius 3 is 2.50 bits per heavy atom. The molecule has 4 heteroatoms. The Labute approximate surface area is 102 Å². The van der Waals surface area contributed by atoms with Crippen molar-refractivity contribution < 1.29 is 0 Å². The molecule has 1 aromatic rings. The molecule has 0 aromatic carbocycles. The van der Waals surface area contributed by atoms with Crippen molar-refractivity contribution in [2.75, 3.05) is 17.7 Å².